The Kier molecular flexibility index (Phi) is 4.98. The van der Waals surface area contributed by atoms with Gasteiger partial charge in [-0.1, -0.05) is 36.4 Å². The summed E-state index contributed by atoms with van der Waals surface area (Å²) < 4.78 is 6.05. The van der Waals surface area contributed by atoms with Crippen LogP contribution in [0.2, 0.25) is 0 Å². The van der Waals surface area contributed by atoms with Crippen molar-refractivity contribution in [1.29, 1.82) is 0 Å². The second-order valence-corrected chi connectivity index (χ2v) is 7.18. The zero-order valence-corrected chi connectivity index (χ0v) is 15.6. The summed E-state index contributed by atoms with van der Waals surface area (Å²) in [5.74, 6) is 1.00. The maximum atomic E-state index is 11.2. The molecule has 0 saturated heterocycles. The number of nitrogen functional groups attached to an aromatic ring is 1. The lowest BCUT2D eigenvalue weighted by Crippen LogP contribution is -2.14. The Labute approximate surface area is 164 Å². The third kappa shape index (κ3) is 3.69. The molecule has 1 atom stereocenters. The van der Waals surface area contributed by atoms with Crippen LogP contribution < -0.4 is 16.2 Å². The zero-order valence-electron chi connectivity index (χ0n) is 15.6. The van der Waals surface area contributed by atoms with E-state index in [9.17, 15) is 4.79 Å². The van der Waals surface area contributed by atoms with Gasteiger partial charge in [0.15, 0.2) is 5.75 Å². The van der Waals surface area contributed by atoms with Crippen molar-refractivity contribution in [3.8, 4) is 11.6 Å². The molecule has 1 amide bonds. The van der Waals surface area contributed by atoms with Gasteiger partial charge >= 0.3 is 0 Å². The maximum Gasteiger partial charge on any atom is 0.250 e. The summed E-state index contributed by atoms with van der Waals surface area (Å²) >= 11 is 0. The molecule has 1 aliphatic carbocycles. The van der Waals surface area contributed by atoms with Crippen molar-refractivity contribution in [3.63, 3.8) is 0 Å². The largest absolute Gasteiger partial charge is 0.437 e. The van der Waals surface area contributed by atoms with Crippen LogP contribution in [-0.4, -0.2) is 10.9 Å². The van der Waals surface area contributed by atoms with Crippen molar-refractivity contribution < 1.29 is 9.53 Å². The summed E-state index contributed by atoms with van der Waals surface area (Å²) in [6.45, 7) is 0. The highest BCUT2D eigenvalue weighted by Gasteiger charge is 2.25. The average molecular weight is 373 g/mol. The molecule has 5 nitrogen and oxygen atoms in total. The predicted molar refractivity (Wildman–Crippen MR) is 110 cm³/mol. The van der Waals surface area contributed by atoms with Gasteiger partial charge in [-0.3, -0.25) is 4.79 Å². The highest BCUT2D eigenvalue weighted by molar-refractivity contribution is 5.92. The van der Waals surface area contributed by atoms with Crippen LogP contribution in [0.4, 0.5) is 5.69 Å². The predicted octanol–water partition coefficient (Wildman–Crippen LogP) is 4.22. The van der Waals surface area contributed by atoms with E-state index in [1.54, 1.807) is 12.1 Å². The maximum absolute atomic E-state index is 11.2. The van der Waals surface area contributed by atoms with Crippen LogP contribution in [0.5, 0.6) is 11.6 Å². The molecule has 1 aliphatic rings. The molecule has 0 saturated carbocycles. The Bertz CT molecular complexity index is 985. The molecule has 0 aliphatic heterocycles. The molecule has 1 aromatic heterocycles. The number of carbonyl (C=O) groups excluding carboxylic acids is 1. The molecule has 3 aromatic rings. The van der Waals surface area contributed by atoms with Crippen molar-refractivity contribution >= 4 is 11.6 Å². The number of pyridine rings is 1. The first-order valence-corrected chi connectivity index (χ1v) is 9.50. The van der Waals surface area contributed by atoms with Gasteiger partial charge in [-0.25, -0.2) is 4.98 Å². The second-order valence-electron chi connectivity index (χ2n) is 7.18. The van der Waals surface area contributed by atoms with Gasteiger partial charge < -0.3 is 16.2 Å². The molecule has 0 spiro atoms. The monoisotopic (exact) mass is 373 g/mol. The van der Waals surface area contributed by atoms with Gasteiger partial charge in [-0.15, -0.1) is 0 Å². The molecule has 28 heavy (non-hydrogen) atoms. The topological polar surface area (TPSA) is 91.2 Å². The molecule has 0 fully saturated rings. The third-order valence-corrected chi connectivity index (χ3v) is 5.30. The number of benzene rings is 2. The van der Waals surface area contributed by atoms with E-state index in [1.165, 1.54) is 17.3 Å². The fourth-order valence-electron chi connectivity index (χ4n) is 3.90. The van der Waals surface area contributed by atoms with Gasteiger partial charge in [0.2, 0.25) is 11.8 Å². The third-order valence-electron chi connectivity index (χ3n) is 5.30. The number of nitrogens with two attached hydrogens (primary N) is 2. The molecule has 2 aromatic carbocycles. The zero-order chi connectivity index (χ0) is 19.5. The first kappa shape index (κ1) is 18.0. The molecule has 1 unspecified atom stereocenters. The number of rotatable bonds is 5. The number of anilines is 1. The van der Waals surface area contributed by atoms with E-state index < -0.39 is 5.91 Å². The van der Waals surface area contributed by atoms with Crippen molar-refractivity contribution in [3.05, 3.63) is 83.0 Å². The summed E-state index contributed by atoms with van der Waals surface area (Å²) in [7, 11) is 0. The van der Waals surface area contributed by atoms with Crippen LogP contribution in [0.15, 0.2) is 60.8 Å². The van der Waals surface area contributed by atoms with Gasteiger partial charge in [0, 0.05) is 17.8 Å². The molecule has 142 valence electrons. The van der Waals surface area contributed by atoms with E-state index in [2.05, 4.69) is 35.3 Å². The molecular weight excluding hydrogens is 350 g/mol. The van der Waals surface area contributed by atoms with Crippen molar-refractivity contribution in [2.45, 2.75) is 31.6 Å². The fourth-order valence-corrected chi connectivity index (χ4v) is 3.90. The van der Waals surface area contributed by atoms with E-state index in [0.29, 0.717) is 28.8 Å². The number of hydrogen-bond acceptors (Lipinski definition) is 4. The Morgan fingerprint density at radius 1 is 1.11 bits per heavy atom. The fraction of sp³-hybridized carbons (Fsp3) is 0.217. The summed E-state index contributed by atoms with van der Waals surface area (Å²) in [4.78, 5) is 15.4. The quantitative estimate of drug-likeness (QED) is 0.655. The molecule has 0 radical (unpaired) electrons. The van der Waals surface area contributed by atoms with Crippen LogP contribution in [-0.2, 0) is 12.8 Å². The summed E-state index contributed by atoms with van der Waals surface area (Å²) in [5, 5.41) is 0. The van der Waals surface area contributed by atoms with Crippen LogP contribution in [0.3, 0.4) is 0 Å². The van der Waals surface area contributed by atoms with Crippen LogP contribution in [0, 0.1) is 0 Å². The number of ether oxygens (including phenoxy) is 1. The lowest BCUT2D eigenvalue weighted by atomic mass is 9.79. The van der Waals surface area contributed by atoms with Crippen LogP contribution in [0.1, 0.15) is 45.8 Å². The normalized spacial score (nSPS) is 15.6. The number of amides is 1. The standard InChI is InChI=1S/C23H23N3O2/c24-20-11-10-18-16(13-15-5-2-1-3-6-15)7-4-8-19(18)22(20)28-21-12-9-17(14-26-21)23(25)27/h1-3,5-6,9-12,14,16H,4,7-8,13,24H2,(H2,25,27). The average Bonchev–Trinajstić information content (AvgIpc) is 2.71. The SMILES string of the molecule is NC(=O)c1ccc(Oc2c(N)ccc3c2CCCC3Cc2ccccc2)nc1. The van der Waals surface area contributed by atoms with Crippen molar-refractivity contribution in [2.24, 2.45) is 5.73 Å². The number of carbonyl (C=O) groups is 1. The molecular formula is C23H23N3O2. The molecule has 0 bridgehead atoms. The summed E-state index contributed by atoms with van der Waals surface area (Å²) in [6, 6.07) is 17.8. The highest BCUT2D eigenvalue weighted by atomic mass is 16.5. The van der Waals surface area contributed by atoms with Gasteiger partial charge in [-0.2, -0.15) is 0 Å². The summed E-state index contributed by atoms with van der Waals surface area (Å²) in [5.41, 5.74) is 16.3. The Morgan fingerprint density at radius 2 is 1.93 bits per heavy atom. The number of nitrogens with zero attached hydrogens (tertiary/aromatic N) is 1. The van der Waals surface area contributed by atoms with E-state index in [-0.39, 0.29) is 0 Å². The van der Waals surface area contributed by atoms with E-state index in [4.69, 9.17) is 16.2 Å². The second kappa shape index (κ2) is 7.72. The van der Waals surface area contributed by atoms with Gasteiger partial charge in [-0.05, 0) is 54.9 Å². The van der Waals surface area contributed by atoms with E-state index in [1.807, 2.05) is 12.1 Å². The van der Waals surface area contributed by atoms with Crippen molar-refractivity contribution in [1.82, 2.24) is 4.98 Å². The molecule has 4 rings (SSSR count). The van der Waals surface area contributed by atoms with Crippen LogP contribution in [0.25, 0.3) is 0 Å². The van der Waals surface area contributed by atoms with Crippen molar-refractivity contribution in [2.75, 3.05) is 5.73 Å². The molecule has 4 N–H and O–H groups in total. The Balaban J connectivity index is 1.64. The smallest absolute Gasteiger partial charge is 0.250 e. The van der Waals surface area contributed by atoms with Crippen LogP contribution >= 0.6 is 0 Å². The molecule has 1 heterocycles. The first-order chi connectivity index (χ1) is 13.6. The van der Waals surface area contributed by atoms with Gasteiger partial charge in [0.1, 0.15) is 0 Å². The van der Waals surface area contributed by atoms with E-state index in [0.717, 1.165) is 31.2 Å². The lowest BCUT2D eigenvalue weighted by Gasteiger charge is -2.28. The Hall–Kier alpha value is -3.34. The minimum absolute atomic E-state index is 0.346. The number of hydrogen-bond donors (Lipinski definition) is 2. The van der Waals surface area contributed by atoms with E-state index >= 15 is 0 Å². The summed E-state index contributed by atoms with van der Waals surface area (Å²) in [6.07, 6.45) is 5.60. The first-order valence-electron chi connectivity index (χ1n) is 9.50. The number of aromatic nitrogens is 1. The number of primary amides is 1. The minimum atomic E-state index is -0.514. The molecule has 5 heteroatoms. The Morgan fingerprint density at radius 3 is 2.64 bits per heavy atom. The highest BCUT2D eigenvalue weighted by Crippen LogP contribution is 2.42. The minimum Gasteiger partial charge on any atom is -0.437 e. The van der Waals surface area contributed by atoms with Gasteiger partial charge in [0.25, 0.3) is 0 Å². The lowest BCUT2D eigenvalue weighted by molar-refractivity contribution is 0.1000. The number of fused-ring (bicyclic) bond motifs is 1. The van der Waals surface area contributed by atoms with Gasteiger partial charge in [0.05, 0.1) is 11.3 Å².